The van der Waals surface area contributed by atoms with Crippen molar-refractivity contribution in [2.75, 3.05) is 12.4 Å². The van der Waals surface area contributed by atoms with Crippen molar-refractivity contribution in [3.63, 3.8) is 0 Å². The fourth-order valence-electron chi connectivity index (χ4n) is 2.74. The van der Waals surface area contributed by atoms with E-state index < -0.39 is 0 Å². The molecule has 0 spiro atoms. The summed E-state index contributed by atoms with van der Waals surface area (Å²) in [6.07, 6.45) is 4.60. The van der Waals surface area contributed by atoms with Gasteiger partial charge in [0.1, 0.15) is 0 Å². The Hall–Kier alpha value is -2.89. The number of methoxy groups -OCH3 is 1. The molecule has 6 nitrogen and oxygen atoms in total. The van der Waals surface area contributed by atoms with Crippen LogP contribution in [0.2, 0.25) is 0 Å². The van der Waals surface area contributed by atoms with E-state index in [4.69, 9.17) is 0 Å². The van der Waals surface area contributed by atoms with Gasteiger partial charge in [0.05, 0.1) is 24.1 Å². The predicted octanol–water partition coefficient (Wildman–Crippen LogP) is 2.62. The fraction of sp³-hybridized carbons (Fsp3) is 0.278. The zero-order chi connectivity index (χ0) is 17.3. The van der Waals surface area contributed by atoms with Crippen LogP contribution in [0.25, 0.3) is 11.6 Å². The highest BCUT2D eigenvalue weighted by atomic mass is 16.5. The van der Waals surface area contributed by atoms with Crippen LogP contribution in [0.5, 0.6) is 0 Å². The van der Waals surface area contributed by atoms with Gasteiger partial charge in [-0.3, -0.25) is 14.6 Å². The highest BCUT2D eigenvalue weighted by Crippen LogP contribution is 2.32. The van der Waals surface area contributed by atoms with Crippen LogP contribution in [-0.4, -0.2) is 29.0 Å². The van der Waals surface area contributed by atoms with Gasteiger partial charge in [0.25, 0.3) is 5.91 Å². The summed E-state index contributed by atoms with van der Waals surface area (Å²) in [5.74, 6) is -0.396. The number of carbonyl (C=O) groups excluding carboxylic acids is 2. The summed E-state index contributed by atoms with van der Waals surface area (Å²) in [5, 5.41) is 2.82. The van der Waals surface area contributed by atoms with Crippen LogP contribution >= 0.6 is 0 Å². The Kier molecular flexibility index (Phi) is 4.20. The molecule has 3 heterocycles. The molecular formula is C18H19N3O3. The first-order valence-corrected chi connectivity index (χ1v) is 7.74. The van der Waals surface area contributed by atoms with Crippen LogP contribution in [0.15, 0.2) is 18.3 Å². The number of pyridine rings is 1. The van der Waals surface area contributed by atoms with Gasteiger partial charge in [-0.25, -0.2) is 0 Å². The van der Waals surface area contributed by atoms with Crippen molar-refractivity contribution in [3.8, 4) is 0 Å². The average Bonchev–Trinajstić information content (AvgIpc) is 3.06. The first-order chi connectivity index (χ1) is 11.5. The molecule has 0 unspecified atom stereocenters. The number of nitrogens with zero attached hydrogens (tertiary/aromatic N) is 1. The van der Waals surface area contributed by atoms with Gasteiger partial charge < -0.3 is 15.0 Å². The molecule has 0 fully saturated rings. The summed E-state index contributed by atoms with van der Waals surface area (Å²) >= 11 is 0. The van der Waals surface area contributed by atoms with Gasteiger partial charge in [-0.05, 0) is 49.6 Å². The number of esters is 1. The monoisotopic (exact) mass is 325 g/mol. The number of fused-ring (bicyclic) bond motifs is 1. The fourth-order valence-corrected chi connectivity index (χ4v) is 2.74. The van der Waals surface area contributed by atoms with Gasteiger partial charge in [-0.15, -0.1) is 0 Å². The largest absolute Gasteiger partial charge is 0.469 e. The van der Waals surface area contributed by atoms with Gasteiger partial charge in [0, 0.05) is 24.0 Å². The van der Waals surface area contributed by atoms with Crippen molar-refractivity contribution in [2.24, 2.45) is 0 Å². The predicted molar refractivity (Wildman–Crippen MR) is 91.3 cm³/mol. The Morgan fingerprint density at radius 2 is 2.12 bits per heavy atom. The summed E-state index contributed by atoms with van der Waals surface area (Å²) < 4.78 is 4.67. The van der Waals surface area contributed by atoms with E-state index in [1.807, 2.05) is 38.3 Å². The van der Waals surface area contributed by atoms with Crippen LogP contribution in [-0.2, 0) is 20.7 Å². The van der Waals surface area contributed by atoms with E-state index in [0.29, 0.717) is 24.1 Å². The molecule has 0 radical (unpaired) electrons. The highest BCUT2D eigenvalue weighted by Gasteiger charge is 2.26. The Morgan fingerprint density at radius 3 is 2.88 bits per heavy atom. The zero-order valence-electron chi connectivity index (χ0n) is 13.9. The van der Waals surface area contributed by atoms with Gasteiger partial charge in [-0.2, -0.15) is 0 Å². The van der Waals surface area contributed by atoms with Crippen molar-refractivity contribution in [3.05, 3.63) is 46.5 Å². The smallest absolute Gasteiger partial charge is 0.305 e. The zero-order valence-corrected chi connectivity index (χ0v) is 13.9. The molecule has 0 saturated heterocycles. The van der Waals surface area contributed by atoms with Gasteiger partial charge in [0.15, 0.2) is 0 Å². The SMILES string of the molecule is COC(=O)CCc1c[nH]c(C=C2C(=O)Nc3ccc(C)nc32)c1C. The van der Waals surface area contributed by atoms with Crippen LogP contribution in [0.3, 0.4) is 0 Å². The molecule has 1 aliphatic heterocycles. The molecule has 124 valence electrons. The molecule has 1 aliphatic rings. The van der Waals surface area contributed by atoms with Crippen molar-refractivity contribution < 1.29 is 14.3 Å². The number of rotatable bonds is 4. The molecule has 6 heteroatoms. The third-order valence-electron chi connectivity index (χ3n) is 4.18. The standard InChI is InChI=1S/C18H19N3O3/c1-10-4-6-14-17(20-10)13(18(23)21-14)8-15-11(2)12(9-19-15)5-7-16(22)24-3/h4,6,8-9,19H,5,7H2,1-3H3,(H,21,23). The van der Waals surface area contributed by atoms with E-state index in [9.17, 15) is 9.59 Å². The number of aryl methyl sites for hydroxylation is 2. The number of carbonyl (C=O) groups is 2. The number of amides is 1. The molecule has 1 amide bonds. The molecule has 0 bridgehead atoms. The Morgan fingerprint density at radius 1 is 1.33 bits per heavy atom. The molecule has 2 aromatic rings. The summed E-state index contributed by atoms with van der Waals surface area (Å²) in [6.45, 7) is 3.86. The normalized spacial score (nSPS) is 14.6. The van der Waals surface area contributed by atoms with Gasteiger partial charge >= 0.3 is 5.97 Å². The number of aromatic amines is 1. The number of H-pyrrole nitrogens is 1. The second-order valence-corrected chi connectivity index (χ2v) is 5.79. The second kappa shape index (κ2) is 6.31. The van der Waals surface area contributed by atoms with E-state index in [-0.39, 0.29) is 11.9 Å². The maximum absolute atomic E-state index is 12.2. The van der Waals surface area contributed by atoms with Crippen molar-refractivity contribution in [2.45, 2.75) is 26.7 Å². The molecule has 0 aromatic carbocycles. The third-order valence-corrected chi connectivity index (χ3v) is 4.18. The van der Waals surface area contributed by atoms with Crippen LogP contribution < -0.4 is 5.32 Å². The summed E-state index contributed by atoms with van der Waals surface area (Å²) in [5.41, 5.74) is 5.69. The molecule has 2 N–H and O–H groups in total. The van der Waals surface area contributed by atoms with E-state index in [2.05, 4.69) is 20.0 Å². The maximum Gasteiger partial charge on any atom is 0.305 e. The lowest BCUT2D eigenvalue weighted by Gasteiger charge is -2.01. The molecule has 2 aromatic heterocycles. The first kappa shape index (κ1) is 16.0. The molecule has 0 saturated carbocycles. The van der Waals surface area contributed by atoms with E-state index >= 15 is 0 Å². The lowest BCUT2D eigenvalue weighted by molar-refractivity contribution is -0.140. The van der Waals surface area contributed by atoms with E-state index in [1.54, 1.807) is 0 Å². The minimum atomic E-state index is -0.237. The Labute approximate surface area is 139 Å². The highest BCUT2D eigenvalue weighted by molar-refractivity contribution is 6.34. The second-order valence-electron chi connectivity index (χ2n) is 5.79. The summed E-state index contributed by atoms with van der Waals surface area (Å²) in [7, 11) is 1.38. The summed E-state index contributed by atoms with van der Waals surface area (Å²) in [4.78, 5) is 31.1. The van der Waals surface area contributed by atoms with E-state index in [0.717, 1.165) is 28.2 Å². The molecule has 0 aliphatic carbocycles. The Balaban J connectivity index is 1.90. The van der Waals surface area contributed by atoms with Gasteiger partial charge in [-0.1, -0.05) is 0 Å². The number of aromatic nitrogens is 2. The molecule has 0 atom stereocenters. The number of hydrogen-bond acceptors (Lipinski definition) is 4. The van der Waals surface area contributed by atoms with Crippen molar-refractivity contribution in [1.29, 1.82) is 0 Å². The number of hydrogen-bond donors (Lipinski definition) is 2. The van der Waals surface area contributed by atoms with Crippen molar-refractivity contribution >= 4 is 29.2 Å². The molecular weight excluding hydrogens is 306 g/mol. The lowest BCUT2D eigenvalue weighted by atomic mass is 10.1. The van der Waals surface area contributed by atoms with Crippen LogP contribution in [0.4, 0.5) is 5.69 Å². The topological polar surface area (TPSA) is 84.1 Å². The Bertz CT molecular complexity index is 849. The lowest BCUT2D eigenvalue weighted by Crippen LogP contribution is -2.04. The van der Waals surface area contributed by atoms with E-state index in [1.165, 1.54) is 7.11 Å². The minimum absolute atomic E-state index is 0.159. The maximum atomic E-state index is 12.2. The molecule has 24 heavy (non-hydrogen) atoms. The minimum Gasteiger partial charge on any atom is -0.469 e. The quantitative estimate of drug-likeness (QED) is 0.668. The number of ether oxygens (including phenoxy) is 1. The van der Waals surface area contributed by atoms with Crippen LogP contribution in [0, 0.1) is 13.8 Å². The summed E-state index contributed by atoms with van der Waals surface area (Å²) in [6, 6.07) is 3.73. The van der Waals surface area contributed by atoms with Gasteiger partial charge in [0.2, 0.25) is 0 Å². The average molecular weight is 325 g/mol. The van der Waals surface area contributed by atoms with Crippen LogP contribution in [0.1, 0.15) is 34.6 Å². The number of nitrogens with one attached hydrogen (secondary N) is 2. The molecule has 3 rings (SSSR count). The van der Waals surface area contributed by atoms with Crippen molar-refractivity contribution in [1.82, 2.24) is 9.97 Å². The first-order valence-electron chi connectivity index (χ1n) is 7.74. The third kappa shape index (κ3) is 2.95. The number of anilines is 1.